The van der Waals surface area contributed by atoms with Crippen LogP contribution in [0.15, 0.2) is 42.7 Å². The van der Waals surface area contributed by atoms with Gasteiger partial charge in [0.05, 0.1) is 11.6 Å². The highest BCUT2D eigenvalue weighted by Crippen LogP contribution is 2.19. The Morgan fingerprint density at radius 3 is 2.74 bits per heavy atom. The van der Waals surface area contributed by atoms with Gasteiger partial charge in [-0.2, -0.15) is 0 Å². The van der Waals surface area contributed by atoms with Crippen LogP contribution in [0.5, 0.6) is 0 Å². The van der Waals surface area contributed by atoms with Crippen LogP contribution < -0.4 is 5.32 Å². The van der Waals surface area contributed by atoms with Gasteiger partial charge >= 0.3 is 0 Å². The van der Waals surface area contributed by atoms with E-state index in [9.17, 15) is 4.79 Å². The molecule has 1 atom stereocenters. The minimum atomic E-state index is -0.0958. The van der Waals surface area contributed by atoms with E-state index in [4.69, 9.17) is 0 Å². The molecular formula is C16H18N2O. The molecule has 3 heteroatoms. The van der Waals surface area contributed by atoms with Gasteiger partial charge in [-0.3, -0.25) is 9.78 Å². The summed E-state index contributed by atoms with van der Waals surface area (Å²) in [5.74, 6) is -0.0958. The zero-order chi connectivity index (χ0) is 13.8. The molecule has 0 aliphatic carbocycles. The normalized spacial score (nSPS) is 11.9. The topological polar surface area (TPSA) is 42.0 Å². The number of aryl methyl sites for hydroxylation is 2. The highest BCUT2D eigenvalue weighted by atomic mass is 16.1. The van der Waals surface area contributed by atoms with Crippen molar-refractivity contribution in [1.82, 2.24) is 10.3 Å². The molecule has 0 aliphatic heterocycles. The quantitative estimate of drug-likeness (QED) is 0.914. The molecule has 0 spiro atoms. The van der Waals surface area contributed by atoms with E-state index in [1.165, 1.54) is 11.1 Å². The van der Waals surface area contributed by atoms with Crippen LogP contribution in [0.25, 0.3) is 0 Å². The molecule has 2 rings (SSSR count). The first-order valence-corrected chi connectivity index (χ1v) is 6.36. The van der Waals surface area contributed by atoms with Crippen LogP contribution in [-0.4, -0.2) is 10.9 Å². The summed E-state index contributed by atoms with van der Waals surface area (Å²) < 4.78 is 0. The summed E-state index contributed by atoms with van der Waals surface area (Å²) >= 11 is 0. The SMILES string of the molecule is Cc1ccc(C)c(C(C)NC(=O)c2cccnc2)c1. The lowest BCUT2D eigenvalue weighted by Crippen LogP contribution is -2.27. The van der Waals surface area contributed by atoms with E-state index in [0.29, 0.717) is 5.56 Å². The summed E-state index contributed by atoms with van der Waals surface area (Å²) in [5.41, 5.74) is 4.12. The van der Waals surface area contributed by atoms with Crippen molar-refractivity contribution in [3.8, 4) is 0 Å². The van der Waals surface area contributed by atoms with E-state index < -0.39 is 0 Å². The van der Waals surface area contributed by atoms with Crippen LogP contribution in [0.2, 0.25) is 0 Å². The average Bonchev–Trinajstić information content (AvgIpc) is 2.42. The van der Waals surface area contributed by atoms with Gasteiger partial charge in [0.25, 0.3) is 5.91 Å². The van der Waals surface area contributed by atoms with Crippen molar-refractivity contribution in [1.29, 1.82) is 0 Å². The fourth-order valence-corrected chi connectivity index (χ4v) is 2.08. The second-order valence-electron chi connectivity index (χ2n) is 4.80. The zero-order valence-corrected chi connectivity index (χ0v) is 11.5. The van der Waals surface area contributed by atoms with Crippen molar-refractivity contribution in [2.45, 2.75) is 26.8 Å². The van der Waals surface area contributed by atoms with Crippen molar-refractivity contribution in [3.05, 3.63) is 65.0 Å². The molecule has 1 unspecified atom stereocenters. The highest BCUT2D eigenvalue weighted by molar-refractivity contribution is 5.94. The molecule has 1 heterocycles. The van der Waals surface area contributed by atoms with Crippen LogP contribution >= 0.6 is 0 Å². The van der Waals surface area contributed by atoms with Crippen LogP contribution in [-0.2, 0) is 0 Å². The summed E-state index contributed by atoms with van der Waals surface area (Å²) in [6, 6.07) is 9.78. The Balaban J connectivity index is 2.15. The number of nitrogens with zero attached hydrogens (tertiary/aromatic N) is 1. The van der Waals surface area contributed by atoms with Gasteiger partial charge in [0.15, 0.2) is 0 Å². The minimum Gasteiger partial charge on any atom is -0.345 e. The fourth-order valence-electron chi connectivity index (χ4n) is 2.08. The molecule has 19 heavy (non-hydrogen) atoms. The lowest BCUT2D eigenvalue weighted by molar-refractivity contribution is 0.0939. The third kappa shape index (κ3) is 3.19. The molecule has 1 aromatic heterocycles. The number of nitrogens with one attached hydrogen (secondary N) is 1. The Hall–Kier alpha value is -2.16. The Morgan fingerprint density at radius 2 is 2.05 bits per heavy atom. The van der Waals surface area contributed by atoms with E-state index in [0.717, 1.165) is 5.56 Å². The number of aromatic nitrogens is 1. The third-order valence-electron chi connectivity index (χ3n) is 3.17. The van der Waals surface area contributed by atoms with Gasteiger partial charge in [0.1, 0.15) is 0 Å². The molecule has 0 aliphatic rings. The largest absolute Gasteiger partial charge is 0.345 e. The van der Waals surface area contributed by atoms with E-state index >= 15 is 0 Å². The van der Waals surface area contributed by atoms with E-state index in [1.807, 2.05) is 6.92 Å². The number of benzene rings is 1. The molecule has 98 valence electrons. The first-order chi connectivity index (χ1) is 9.08. The summed E-state index contributed by atoms with van der Waals surface area (Å²) in [4.78, 5) is 16.0. The second kappa shape index (κ2) is 5.65. The van der Waals surface area contributed by atoms with Crippen LogP contribution in [0.3, 0.4) is 0 Å². The Bertz CT molecular complexity index is 579. The van der Waals surface area contributed by atoms with Crippen molar-refractivity contribution < 1.29 is 4.79 Å². The molecule has 1 aromatic carbocycles. The molecule has 1 N–H and O–H groups in total. The molecule has 3 nitrogen and oxygen atoms in total. The maximum Gasteiger partial charge on any atom is 0.253 e. The standard InChI is InChI=1S/C16H18N2O/c1-11-6-7-12(2)15(9-11)13(3)18-16(19)14-5-4-8-17-10-14/h4-10,13H,1-3H3,(H,18,19). The first-order valence-electron chi connectivity index (χ1n) is 6.36. The Morgan fingerprint density at radius 1 is 1.26 bits per heavy atom. The van der Waals surface area contributed by atoms with Crippen molar-refractivity contribution in [2.24, 2.45) is 0 Å². The second-order valence-corrected chi connectivity index (χ2v) is 4.80. The molecule has 2 aromatic rings. The molecule has 1 amide bonds. The van der Waals surface area contributed by atoms with E-state index in [1.54, 1.807) is 24.5 Å². The smallest absolute Gasteiger partial charge is 0.253 e. The van der Waals surface area contributed by atoms with Gasteiger partial charge in [-0.25, -0.2) is 0 Å². The maximum atomic E-state index is 12.1. The van der Waals surface area contributed by atoms with Crippen LogP contribution in [0, 0.1) is 13.8 Å². The van der Waals surface area contributed by atoms with Gasteiger partial charge in [0, 0.05) is 12.4 Å². The predicted octanol–water partition coefficient (Wildman–Crippen LogP) is 3.19. The van der Waals surface area contributed by atoms with Gasteiger partial charge in [-0.15, -0.1) is 0 Å². The predicted molar refractivity (Wildman–Crippen MR) is 76.0 cm³/mol. The molecule has 0 fully saturated rings. The minimum absolute atomic E-state index is 0.0207. The zero-order valence-electron chi connectivity index (χ0n) is 11.5. The van der Waals surface area contributed by atoms with Gasteiger partial charge in [-0.1, -0.05) is 23.8 Å². The lowest BCUT2D eigenvalue weighted by atomic mass is 10.00. The molecule has 0 saturated carbocycles. The highest BCUT2D eigenvalue weighted by Gasteiger charge is 2.13. The molecular weight excluding hydrogens is 236 g/mol. The van der Waals surface area contributed by atoms with E-state index in [-0.39, 0.29) is 11.9 Å². The van der Waals surface area contributed by atoms with Gasteiger partial charge in [0.2, 0.25) is 0 Å². The summed E-state index contributed by atoms with van der Waals surface area (Å²) in [6.07, 6.45) is 3.23. The van der Waals surface area contributed by atoms with Crippen molar-refractivity contribution in [2.75, 3.05) is 0 Å². The summed E-state index contributed by atoms with van der Waals surface area (Å²) in [7, 11) is 0. The monoisotopic (exact) mass is 254 g/mol. The number of rotatable bonds is 3. The first kappa shape index (κ1) is 13.3. The number of hydrogen-bond donors (Lipinski definition) is 1. The van der Waals surface area contributed by atoms with E-state index in [2.05, 4.69) is 42.3 Å². The number of carbonyl (C=O) groups excluding carboxylic acids is 1. The maximum absolute atomic E-state index is 12.1. The van der Waals surface area contributed by atoms with Crippen LogP contribution in [0.4, 0.5) is 0 Å². The molecule has 0 radical (unpaired) electrons. The van der Waals surface area contributed by atoms with Crippen molar-refractivity contribution >= 4 is 5.91 Å². The summed E-state index contributed by atoms with van der Waals surface area (Å²) in [6.45, 7) is 6.11. The number of carbonyl (C=O) groups is 1. The lowest BCUT2D eigenvalue weighted by Gasteiger charge is -2.17. The number of amides is 1. The number of pyridine rings is 1. The van der Waals surface area contributed by atoms with Gasteiger partial charge < -0.3 is 5.32 Å². The fraction of sp³-hybridized carbons (Fsp3) is 0.250. The average molecular weight is 254 g/mol. The molecule has 0 bridgehead atoms. The Labute approximate surface area is 113 Å². The number of hydrogen-bond acceptors (Lipinski definition) is 2. The Kier molecular flexibility index (Phi) is 3.95. The van der Waals surface area contributed by atoms with Crippen LogP contribution in [0.1, 0.15) is 40.0 Å². The van der Waals surface area contributed by atoms with Crippen molar-refractivity contribution in [3.63, 3.8) is 0 Å². The summed E-state index contributed by atoms with van der Waals surface area (Å²) in [5, 5.41) is 3.00. The third-order valence-corrected chi connectivity index (χ3v) is 3.17. The van der Waals surface area contributed by atoms with Gasteiger partial charge in [-0.05, 0) is 44.0 Å². The molecule has 0 saturated heterocycles.